The minimum atomic E-state index is -0.166. The summed E-state index contributed by atoms with van der Waals surface area (Å²) in [5.74, 6) is -0.207. The standard InChI is InChI=1S/C27H27N3O2/c1-17-18(2)28-25-14-13-22(16-24(17)25)27(32)30(4)19(3)21-11-8-12-23(15-21)29-26(31)20-9-6-5-7-10-20/h5-16,19,28H,1-4H3,(H,29,31). The molecule has 1 heterocycles. The maximum absolute atomic E-state index is 13.2. The molecular formula is C27H27N3O2. The lowest BCUT2D eigenvalue weighted by Gasteiger charge is -2.26. The summed E-state index contributed by atoms with van der Waals surface area (Å²) in [6.45, 7) is 6.08. The Morgan fingerprint density at radius 1 is 0.906 bits per heavy atom. The number of aromatic nitrogens is 1. The van der Waals surface area contributed by atoms with Crippen LogP contribution in [-0.4, -0.2) is 28.7 Å². The molecule has 0 aliphatic heterocycles. The average Bonchev–Trinajstić information content (AvgIpc) is 3.11. The first-order valence-electron chi connectivity index (χ1n) is 10.7. The lowest BCUT2D eigenvalue weighted by Crippen LogP contribution is -2.29. The Labute approximate surface area is 188 Å². The summed E-state index contributed by atoms with van der Waals surface area (Å²) >= 11 is 0. The zero-order chi connectivity index (χ0) is 22.8. The van der Waals surface area contributed by atoms with Crippen LogP contribution < -0.4 is 5.32 Å². The number of rotatable bonds is 5. The van der Waals surface area contributed by atoms with E-state index in [2.05, 4.69) is 17.2 Å². The van der Waals surface area contributed by atoms with Crippen LogP contribution in [0.2, 0.25) is 0 Å². The van der Waals surface area contributed by atoms with Gasteiger partial charge in [0.15, 0.2) is 0 Å². The van der Waals surface area contributed by atoms with Crippen molar-refractivity contribution >= 4 is 28.4 Å². The fourth-order valence-corrected chi connectivity index (χ4v) is 3.87. The first-order valence-corrected chi connectivity index (χ1v) is 10.7. The molecule has 0 spiro atoms. The zero-order valence-corrected chi connectivity index (χ0v) is 18.8. The van der Waals surface area contributed by atoms with E-state index in [0.29, 0.717) is 16.8 Å². The van der Waals surface area contributed by atoms with E-state index in [9.17, 15) is 9.59 Å². The number of carbonyl (C=O) groups excluding carboxylic acids is 2. The molecule has 0 radical (unpaired) electrons. The second kappa shape index (κ2) is 8.71. The van der Waals surface area contributed by atoms with Crippen molar-refractivity contribution in [3.8, 4) is 0 Å². The Morgan fingerprint density at radius 3 is 2.41 bits per heavy atom. The maximum Gasteiger partial charge on any atom is 0.255 e. The smallest absolute Gasteiger partial charge is 0.255 e. The van der Waals surface area contributed by atoms with Gasteiger partial charge in [-0.3, -0.25) is 9.59 Å². The Hall–Kier alpha value is -3.86. The van der Waals surface area contributed by atoms with Gasteiger partial charge in [-0.1, -0.05) is 30.3 Å². The second-order valence-corrected chi connectivity index (χ2v) is 8.17. The molecule has 2 N–H and O–H groups in total. The van der Waals surface area contributed by atoms with Gasteiger partial charge in [-0.25, -0.2) is 0 Å². The normalized spacial score (nSPS) is 11.9. The topological polar surface area (TPSA) is 65.2 Å². The third-order valence-corrected chi connectivity index (χ3v) is 6.12. The van der Waals surface area contributed by atoms with Crippen LogP contribution in [0.5, 0.6) is 0 Å². The van der Waals surface area contributed by atoms with Crippen molar-refractivity contribution < 1.29 is 9.59 Å². The van der Waals surface area contributed by atoms with E-state index in [0.717, 1.165) is 27.7 Å². The average molecular weight is 426 g/mol. The summed E-state index contributed by atoms with van der Waals surface area (Å²) < 4.78 is 0. The van der Waals surface area contributed by atoms with Gasteiger partial charge in [0.25, 0.3) is 11.8 Å². The van der Waals surface area contributed by atoms with Gasteiger partial charge in [0.2, 0.25) is 0 Å². The number of amides is 2. The minimum Gasteiger partial charge on any atom is -0.358 e. The van der Waals surface area contributed by atoms with Gasteiger partial charge in [0, 0.05) is 40.5 Å². The number of aromatic amines is 1. The number of H-pyrrole nitrogens is 1. The predicted octanol–water partition coefficient (Wildman–Crippen LogP) is 5.87. The molecule has 2 amide bonds. The molecule has 3 aromatic carbocycles. The highest BCUT2D eigenvalue weighted by molar-refractivity contribution is 6.04. The summed E-state index contributed by atoms with van der Waals surface area (Å²) in [7, 11) is 1.81. The van der Waals surface area contributed by atoms with Gasteiger partial charge in [-0.05, 0) is 74.4 Å². The first kappa shape index (κ1) is 21.4. The van der Waals surface area contributed by atoms with Crippen LogP contribution in [0, 0.1) is 13.8 Å². The van der Waals surface area contributed by atoms with E-state index in [1.807, 2.05) is 81.6 Å². The van der Waals surface area contributed by atoms with Crippen molar-refractivity contribution in [3.63, 3.8) is 0 Å². The van der Waals surface area contributed by atoms with Crippen LogP contribution in [0.3, 0.4) is 0 Å². The molecule has 4 rings (SSSR count). The van der Waals surface area contributed by atoms with Crippen LogP contribution in [0.15, 0.2) is 72.8 Å². The van der Waals surface area contributed by atoms with Gasteiger partial charge in [0.1, 0.15) is 0 Å². The van der Waals surface area contributed by atoms with Crippen LogP contribution in [0.1, 0.15) is 50.5 Å². The van der Waals surface area contributed by atoms with Crippen LogP contribution >= 0.6 is 0 Å². The first-order chi connectivity index (χ1) is 15.3. The Bertz CT molecular complexity index is 1290. The Morgan fingerprint density at radius 2 is 1.66 bits per heavy atom. The summed E-state index contributed by atoms with van der Waals surface area (Å²) in [6.07, 6.45) is 0. The number of benzene rings is 3. The van der Waals surface area contributed by atoms with Crippen molar-refractivity contribution in [1.82, 2.24) is 9.88 Å². The molecule has 0 aliphatic carbocycles. The molecule has 1 unspecified atom stereocenters. The lowest BCUT2D eigenvalue weighted by molar-refractivity contribution is 0.0742. The lowest BCUT2D eigenvalue weighted by atomic mass is 10.0. The third kappa shape index (κ3) is 4.14. The van der Waals surface area contributed by atoms with E-state index in [1.165, 1.54) is 0 Å². The largest absolute Gasteiger partial charge is 0.358 e. The van der Waals surface area contributed by atoms with E-state index in [1.54, 1.807) is 17.0 Å². The van der Waals surface area contributed by atoms with Crippen LogP contribution in [-0.2, 0) is 0 Å². The highest BCUT2D eigenvalue weighted by Gasteiger charge is 2.20. The zero-order valence-electron chi connectivity index (χ0n) is 18.8. The third-order valence-electron chi connectivity index (χ3n) is 6.12. The fraction of sp³-hybridized carbons (Fsp3) is 0.185. The van der Waals surface area contributed by atoms with Gasteiger partial charge in [0.05, 0.1) is 6.04 Å². The summed E-state index contributed by atoms with van der Waals surface area (Å²) in [5, 5.41) is 4.01. The van der Waals surface area contributed by atoms with Gasteiger partial charge in [-0.2, -0.15) is 0 Å². The summed E-state index contributed by atoms with van der Waals surface area (Å²) in [4.78, 5) is 30.8. The highest BCUT2D eigenvalue weighted by atomic mass is 16.2. The second-order valence-electron chi connectivity index (χ2n) is 8.17. The van der Waals surface area contributed by atoms with Gasteiger partial charge < -0.3 is 15.2 Å². The number of aryl methyl sites for hydroxylation is 2. The number of nitrogens with one attached hydrogen (secondary N) is 2. The van der Waals surface area contributed by atoms with Crippen LogP contribution in [0.4, 0.5) is 5.69 Å². The predicted molar refractivity (Wildman–Crippen MR) is 129 cm³/mol. The molecule has 162 valence electrons. The summed E-state index contributed by atoms with van der Waals surface area (Å²) in [6, 6.07) is 22.3. The maximum atomic E-state index is 13.2. The molecule has 0 bridgehead atoms. The van der Waals surface area contributed by atoms with Crippen molar-refractivity contribution in [2.75, 3.05) is 12.4 Å². The van der Waals surface area contributed by atoms with Crippen LogP contribution in [0.25, 0.3) is 10.9 Å². The number of anilines is 1. The SMILES string of the molecule is Cc1[nH]c2ccc(C(=O)N(C)C(C)c3cccc(NC(=O)c4ccccc4)c3)cc2c1C. The number of nitrogens with zero attached hydrogens (tertiary/aromatic N) is 1. The molecule has 32 heavy (non-hydrogen) atoms. The molecule has 0 saturated heterocycles. The Kier molecular flexibility index (Phi) is 5.82. The molecular weight excluding hydrogens is 398 g/mol. The molecule has 0 aliphatic rings. The Balaban J connectivity index is 1.53. The highest BCUT2D eigenvalue weighted by Crippen LogP contribution is 2.26. The number of hydrogen-bond acceptors (Lipinski definition) is 2. The molecule has 5 nitrogen and oxygen atoms in total. The number of fused-ring (bicyclic) bond motifs is 1. The molecule has 1 aromatic heterocycles. The van der Waals surface area contributed by atoms with E-state index in [-0.39, 0.29) is 17.9 Å². The molecule has 4 aromatic rings. The molecule has 5 heteroatoms. The quantitative estimate of drug-likeness (QED) is 0.420. The fourth-order valence-electron chi connectivity index (χ4n) is 3.87. The molecule has 1 atom stereocenters. The van der Waals surface area contributed by atoms with Crippen molar-refractivity contribution in [2.45, 2.75) is 26.8 Å². The monoisotopic (exact) mass is 425 g/mol. The summed E-state index contributed by atoms with van der Waals surface area (Å²) in [5.41, 5.74) is 6.21. The van der Waals surface area contributed by atoms with E-state index < -0.39 is 0 Å². The molecule has 0 saturated carbocycles. The number of carbonyl (C=O) groups is 2. The minimum absolute atomic E-state index is 0.0450. The van der Waals surface area contributed by atoms with E-state index in [4.69, 9.17) is 0 Å². The van der Waals surface area contributed by atoms with Crippen molar-refractivity contribution in [2.24, 2.45) is 0 Å². The van der Waals surface area contributed by atoms with Gasteiger partial charge in [-0.15, -0.1) is 0 Å². The van der Waals surface area contributed by atoms with E-state index >= 15 is 0 Å². The molecule has 0 fully saturated rings. The van der Waals surface area contributed by atoms with Crippen molar-refractivity contribution in [1.29, 1.82) is 0 Å². The van der Waals surface area contributed by atoms with Crippen molar-refractivity contribution in [3.05, 3.63) is 101 Å². The van der Waals surface area contributed by atoms with Gasteiger partial charge >= 0.3 is 0 Å². The number of hydrogen-bond donors (Lipinski definition) is 2.